The van der Waals surface area contributed by atoms with E-state index in [1.165, 1.54) is 33.2 Å². The number of aromatic nitrogens is 3. The lowest BCUT2D eigenvalue weighted by Crippen LogP contribution is -2.30. The first-order chi connectivity index (χ1) is 15.8. The van der Waals surface area contributed by atoms with Crippen molar-refractivity contribution < 1.29 is 22.7 Å². The summed E-state index contributed by atoms with van der Waals surface area (Å²) in [7, 11) is -0.817. The summed E-state index contributed by atoms with van der Waals surface area (Å²) in [6.07, 6.45) is 0.424. The topological polar surface area (TPSA) is 123 Å². The van der Waals surface area contributed by atoms with E-state index in [4.69, 9.17) is 4.74 Å². The lowest BCUT2D eigenvalue weighted by molar-refractivity contribution is -0.123. The highest BCUT2D eigenvalue weighted by atomic mass is 32.2. The van der Waals surface area contributed by atoms with Crippen molar-refractivity contribution in [2.24, 2.45) is 0 Å². The number of esters is 1. The molecule has 2 heterocycles. The summed E-state index contributed by atoms with van der Waals surface area (Å²) in [5.74, 6) is -1.27. The Morgan fingerprint density at radius 1 is 1.12 bits per heavy atom. The van der Waals surface area contributed by atoms with Crippen LogP contribution in [0, 0.1) is 13.8 Å². The average Bonchev–Trinajstić information content (AvgIpc) is 3.18. The summed E-state index contributed by atoms with van der Waals surface area (Å²) in [6.45, 7) is 8.87. The van der Waals surface area contributed by atoms with E-state index in [1.807, 2.05) is 13.8 Å². The van der Waals surface area contributed by atoms with Gasteiger partial charge < -0.3 is 10.1 Å². The van der Waals surface area contributed by atoms with Gasteiger partial charge in [0.1, 0.15) is 0 Å². The maximum Gasteiger partial charge on any atom is 0.339 e. The largest absolute Gasteiger partial charge is 0.449 e. The molecule has 34 heavy (non-hydrogen) atoms. The van der Waals surface area contributed by atoms with Crippen LogP contribution in [0.4, 0.5) is 5.69 Å². The summed E-state index contributed by atoms with van der Waals surface area (Å²) in [5, 5.41) is 7.51. The van der Waals surface area contributed by atoms with Gasteiger partial charge >= 0.3 is 5.97 Å². The minimum Gasteiger partial charge on any atom is -0.449 e. The minimum atomic E-state index is -3.67. The van der Waals surface area contributed by atoms with Crippen LogP contribution < -0.4 is 5.32 Å². The Morgan fingerprint density at radius 2 is 1.79 bits per heavy atom. The predicted octanol–water partition coefficient (Wildman–Crippen LogP) is 3.06. The van der Waals surface area contributed by atoms with Crippen molar-refractivity contribution in [1.29, 1.82) is 0 Å². The van der Waals surface area contributed by atoms with Gasteiger partial charge in [-0.05, 0) is 58.4 Å². The van der Waals surface area contributed by atoms with Crippen LogP contribution in [-0.2, 0) is 19.6 Å². The van der Waals surface area contributed by atoms with Gasteiger partial charge in [-0.3, -0.25) is 4.79 Å². The summed E-state index contributed by atoms with van der Waals surface area (Å²) in [4.78, 5) is 30.2. The monoisotopic (exact) mass is 487 g/mol. The van der Waals surface area contributed by atoms with Crippen LogP contribution in [0.3, 0.4) is 0 Å². The molecule has 0 saturated heterocycles. The van der Waals surface area contributed by atoms with Gasteiger partial charge in [0.2, 0.25) is 10.0 Å². The van der Waals surface area contributed by atoms with Crippen molar-refractivity contribution in [3.05, 3.63) is 47.3 Å². The van der Waals surface area contributed by atoms with Crippen molar-refractivity contribution in [2.75, 3.05) is 19.4 Å². The summed E-state index contributed by atoms with van der Waals surface area (Å²) in [5.41, 5.74) is 2.43. The number of benzene rings is 1. The van der Waals surface area contributed by atoms with Crippen LogP contribution in [0.25, 0.3) is 11.0 Å². The van der Waals surface area contributed by atoms with Crippen molar-refractivity contribution in [2.45, 2.75) is 51.7 Å². The molecular formula is C23H29N5O5S. The Morgan fingerprint density at radius 3 is 2.41 bits per heavy atom. The summed E-state index contributed by atoms with van der Waals surface area (Å²) in [6, 6.07) is 6.11. The molecule has 0 bridgehead atoms. The first kappa shape index (κ1) is 25.3. The molecular weight excluding hydrogens is 458 g/mol. The second kappa shape index (κ2) is 9.51. The summed E-state index contributed by atoms with van der Waals surface area (Å²) >= 11 is 0. The number of carbonyl (C=O) groups is 2. The Hall–Kier alpha value is -3.31. The van der Waals surface area contributed by atoms with E-state index in [0.717, 1.165) is 4.31 Å². The van der Waals surface area contributed by atoms with Gasteiger partial charge in [-0.15, -0.1) is 0 Å². The van der Waals surface area contributed by atoms with Crippen molar-refractivity contribution in [3.8, 4) is 0 Å². The lowest BCUT2D eigenvalue weighted by Gasteiger charge is -2.17. The molecule has 0 spiro atoms. The molecule has 1 N–H and O–H groups in total. The molecule has 3 rings (SSSR count). The molecule has 0 unspecified atom stereocenters. The van der Waals surface area contributed by atoms with E-state index < -0.39 is 28.0 Å². The highest BCUT2D eigenvalue weighted by Crippen LogP contribution is 2.24. The van der Waals surface area contributed by atoms with Crippen molar-refractivity contribution in [1.82, 2.24) is 19.1 Å². The second-order valence-electron chi connectivity index (χ2n) is 8.53. The van der Waals surface area contributed by atoms with E-state index in [9.17, 15) is 18.0 Å². The second-order valence-corrected chi connectivity index (χ2v) is 10.7. The van der Waals surface area contributed by atoms with E-state index >= 15 is 0 Å². The van der Waals surface area contributed by atoms with Crippen molar-refractivity contribution >= 4 is 38.6 Å². The number of carbonyl (C=O) groups excluding carboxylic acids is 2. The van der Waals surface area contributed by atoms with E-state index in [-0.39, 0.29) is 16.5 Å². The third-order valence-corrected chi connectivity index (χ3v) is 7.11. The van der Waals surface area contributed by atoms with E-state index in [1.54, 1.807) is 36.9 Å². The molecule has 0 aliphatic carbocycles. The third-order valence-electron chi connectivity index (χ3n) is 5.30. The third kappa shape index (κ3) is 4.95. The first-order valence-corrected chi connectivity index (χ1v) is 12.2. The van der Waals surface area contributed by atoms with Crippen LogP contribution in [0.5, 0.6) is 0 Å². The van der Waals surface area contributed by atoms with Gasteiger partial charge in [0.15, 0.2) is 11.8 Å². The zero-order valence-electron chi connectivity index (χ0n) is 20.3. The van der Waals surface area contributed by atoms with Crippen molar-refractivity contribution in [3.63, 3.8) is 0 Å². The number of pyridine rings is 1. The molecule has 0 radical (unpaired) electrons. The Labute approximate surface area is 199 Å². The molecule has 0 aliphatic heterocycles. The van der Waals surface area contributed by atoms with Gasteiger partial charge in [-0.25, -0.2) is 27.2 Å². The Kier molecular flexibility index (Phi) is 7.08. The van der Waals surface area contributed by atoms with Crippen LogP contribution in [0.15, 0.2) is 35.4 Å². The Bertz CT molecular complexity index is 1360. The fourth-order valence-corrected chi connectivity index (χ4v) is 4.24. The number of nitrogens with one attached hydrogen (secondary N) is 1. The van der Waals surface area contributed by atoms with Crippen LogP contribution in [-0.4, -0.2) is 59.6 Å². The SMILES string of the molecule is Cc1cc(C(=O)O[C@H](C)C(=O)Nc2cc(S(=O)(=O)N(C)C)ccc2C)c2cnn(C(C)C)c2n1. The maximum atomic E-state index is 12.9. The zero-order chi connectivity index (χ0) is 25.4. The lowest BCUT2D eigenvalue weighted by atomic mass is 10.1. The number of anilines is 1. The smallest absolute Gasteiger partial charge is 0.339 e. The molecule has 1 aromatic carbocycles. The molecule has 0 saturated carbocycles. The number of amides is 1. The predicted molar refractivity (Wildman–Crippen MR) is 128 cm³/mol. The number of hydrogen-bond acceptors (Lipinski definition) is 7. The number of fused-ring (bicyclic) bond motifs is 1. The maximum absolute atomic E-state index is 12.9. The molecule has 11 heteroatoms. The van der Waals surface area contributed by atoms with Gasteiger partial charge in [0.05, 0.1) is 22.0 Å². The molecule has 182 valence electrons. The molecule has 1 atom stereocenters. The number of nitrogens with zero attached hydrogens (tertiary/aromatic N) is 4. The van der Waals surface area contributed by atoms with Crippen LogP contribution in [0.2, 0.25) is 0 Å². The molecule has 0 aliphatic rings. The number of rotatable bonds is 7. The Balaban J connectivity index is 1.82. The van der Waals surface area contributed by atoms with Crippen LogP contribution >= 0.6 is 0 Å². The minimum absolute atomic E-state index is 0.0415. The fraction of sp³-hybridized carbons (Fsp3) is 0.391. The highest BCUT2D eigenvalue weighted by Gasteiger charge is 2.24. The number of sulfonamides is 1. The van der Waals surface area contributed by atoms with E-state index in [0.29, 0.717) is 28.0 Å². The van der Waals surface area contributed by atoms with Gasteiger partial charge in [-0.1, -0.05) is 6.07 Å². The first-order valence-electron chi connectivity index (χ1n) is 10.7. The zero-order valence-corrected chi connectivity index (χ0v) is 21.1. The highest BCUT2D eigenvalue weighted by molar-refractivity contribution is 7.89. The van der Waals surface area contributed by atoms with Gasteiger partial charge in [0, 0.05) is 31.5 Å². The standard InChI is InChI=1S/C23H29N5O5S/c1-13(2)28-21-19(12-24-28)18(10-15(4)25-21)23(30)33-16(5)22(29)26-20-11-17(9-8-14(20)3)34(31,32)27(6)7/h8-13,16H,1-7H3,(H,26,29)/t16-/m1/s1. The van der Waals surface area contributed by atoms with E-state index in [2.05, 4.69) is 15.4 Å². The van der Waals surface area contributed by atoms with Crippen LogP contribution in [0.1, 0.15) is 48.4 Å². The number of ether oxygens (including phenoxy) is 1. The van der Waals surface area contributed by atoms with Gasteiger partial charge in [0.25, 0.3) is 5.91 Å². The normalized spacial score (nSPS) is 12.9. The molecule has 1 amide bonds. The quantitative estimate of drug-likeness (QED) is 0.508. The molecule has 2 aromatic heterocycles. The molecule has 3 aromatic rings. The number of aryl methyl sites for hydroxylation is 2. The average molecular weight is 488 g/mol. The molecule has 10 nitrogen and oxygen atoms in total. The summed E-state index contributed by atoms with van der Waals surface area (Å²) < 4.78 is 33.1. The van der Waals surface area contributed by atoms with Gasteiger partial charge in [-0.2, -0.15) is 5.10 Å². The molecule has 0 fully saturated rings. The fourth-order valence-electron chi connectivity index (χ4n) is 3.31. The number of hydrogen-bond donors (Lipinski definition) is 1.